The van der Waals surface area contributed by atoms with Crippen LogP contribution in [0.15, 0.2) is 10.5 Å². The van der Waals surface area contributed by atoms with Crippen molar-refractivity contribution in [2.45, 2.75) is 6.32 Å². The highest BCUT2D eigenvalue weighted by Gasteiger charge is 2.20. The lowest BCUT2D eigenvalue weighted by atomic mass is 9.92. The molecule has 0 aliphatic rings. The predicted octanol–water partition coefficient (Wildman–Crippen LogP) is 1.92. The van der Waals surface area contributed by atoms with Crippen molar-refractivity contribution >= 4 is 29.7 Å². The molecular formula is C11H12BBrO4. The second-order valence-electron chi connectivity index (χ2n) is 3.15. The van der Waals surface area contributed by atoms with E-state index in [1.807, 2.05) is 0 Å². The smallest absolute Gasteiger partial charge is 0.338 e. The van der Waals surface area contributed by atoms with Crippen molar-refractivity contribution in [2.75, 3.05) is 21.3 Å². The Labute approximate surface area is 110 Å². The Balaban J connectivity index is 3.50. The first-order chi connectivity index (χ1) is 8.10. The Bertz CT molecular complexity index is 434. The second kappa shape index (κ2) is 5.96. The summed E-state index contributed by atoms with van der Waals surface area (Å²) in [5, 5.41) is 0. The van der Waals surface area contributed by atoms with Gasteiger partial charge in [0.1, 0.15) is 0 Å². The van der Waals surface area contributed by atoms with Crippen LogP contribution in [0, 0.1) is 0 Å². The fourth-order valence-electron chi connectivity index (χ4n) is 1.48. The Morgan fingerprint density at radius 2 is 2.00 bits per heavy atom. The summed E-state index contributed by atoms with van der Waals surface area (Å²) in [4.78, 5) is 11.6. The molecule has 1 aromatic carbocycles. The number of hydrogen-bond acceptors (Lipinski definition) is 4. The zero-order chi connectivity index (χ0) is 13.0. The molecule has 0 spiro atoms. The topological polar surface area (TPSA) is 44.8 Å². The highest BCUT2D eigenvalue weighted by atomic mass is 79.9. The number of hydrogen-bond donors (Lipinski definition) is 0. The average Bonchev–Trinajstić information content (AvgIpc) is 2.36. The van der Waals surface area contributed by atoms with E-state index in [4.69, 9.17) is 22.1 Å². The summed E-state index contributed by atoms with van der Waals surface area (Å²) in [5.41, 5.74) is 0.981. The third kappa shape index (κ3) is 2.57. The molecule has 0 amide bonds. The Kier molecular flexibility index (Phi) is 4.87. The molecule has 0 heterocycles. The Morgan fingerprint density at radius 3 is 2.41 bits per heavy atom. The summed E-state index contributed by atoms with van der Waals surface area (Å²) < 4.78 is 15.6. The molecule has 1 aromatic rings. The molecule has 0 atom stereocenters. The van der Waals surface area contributed by atoms with Gasteiger partial charge in [-0.3, -0.25) is 0 Å². The molecule has 0 aromatic heterocycles. The van der Waals surface area contributed by atoms with Crippen molar-refractivity contribution in [1.82, 2.24) is 0 Å². The number of carbonyl (C=O) groups excluding carboxylic acids is 1. The lowest BCUT2D eigenvalue weighted by molar-refractivity contribution is 0.0599. The molecule has 0 fully saturated rings. The second-order valence-corrected chi connectivity index (χ2v) is 3.94. The standard InChI is InChI=1S/C11H12BBrO4/c1-15-8-4-6(11(14)17-3)7(5-12)9(13)10(8)16-2/h4H,5H2,1-3H3. The van der Waals surface area contributed by atoms with E-state index in [0.29, 0.717) is 27.1 Å². The van der Waals surface area contributed by atoms with Crippen LogP contribution in [0.25, 0.3) is 0 Å². The van der Waals surface area contributed by atoms with Gasteiger partial charge < -0.3 is 14.2 Å². The fraction of sp³-hybridized carbons (Fsp3) is 0.364. The fourth-order valence-corrected chi connectivity index (χ4v) is 2.21. The van der Waals surface area contributed by atoms with Crippen LogP contribution in [0.4, 0.5) is 0 Å². The quantitative estimate of drug-likeness (QED) is 0.629. The number of carbonyl (C=O) groups is 1. The van der Waals surface area contributed by atoms with Gasteiger partial charge >= 0.3 is 5.97 Å². The molecule has 4 nitrogen and oxygen atoms in total. The number of benzene rings is 1. The molecule has 90 valence electrons. The third-order valence-corrected chi connectivity index (χ3v) is 3.16. The summed E-state index contributed by atoms with van der Waals surface area (Å²) in [5.74, 6) is 0.477. The minimum atomic E-state index is -0.466. The van der Waals surface area contributed by atoms with Crippen molar-refractivity contribution in [1.29, 1.82) is 0 Å². The first-order valence-electron chi connectivity index (χ1n) is 4.82. The van der Waals surface area contributed by atoms with E-state index in [2.05, 4.69) is 15.9 Å². The van der Waals surface area contributed by atoms with Gasteiger partial charge in [0.25, 0.3) is 0 Å². The summed E-state index contributed by atoms with van der Waals surface area (Å²) >= 11 is 3.35. The maximum atomic E-state index is 11.6. The third-order valence-electron chi connectivity index (χ3n) is 2.32. The summed E-state index contributed by atoms with van der Waals surface area (Å²) in [7, 11) is 9.95. The minimum absolute atomic E-state index is 0.186. The van der Waals surface area contributed by atoms with E-state index < -0.39 is 5.97 Å². The summed E-state index contributed by atoms with van der Waals surface area (Å²) in [6.07, 6.45) is 0.186. The summed E-state index contributed by atoms with van der Waals surface area (Å²) in [6.45, 7) is 0. The largest absolute Gasteiger partial charge is 0.493 e. The van der Waals surface area contributed by atoms with Crippen molar-refractivity contribution in [2.24, 2.45) is 0 Å². The summed E-state index contributed by atoms with van der Waals surface area (Å²) in [6, 6.07) is 1.55. The molecule has 0 saturated carbocycles. The van der Waals surface area contributed by atoms with Crippen LogP contribution in [0.1, 0.15) is 15.9 Å². The van der Waals surface area contributed by atoms with Gasteiger partial charge in [-0.15, -0.1) is 0 Å². The van der Waals surface area contributed by atoms with Crippen molar-refractivity contribution in [3.05, 3.63) is 21.7 Å². The maximum absolute atomic E-state index is 11.6. The van der Waals surface area contributed by atoms with Gasteiger partial charge in [-0.1, -0.05) is 6.32 Å². The highest BCUT2D eigenvalue weighted by Crippen LogP contribution is 2.39. The lowest BCUT2D eigenvalue weighted by Crippen LogP contribution is -2.08. The number of methoxy groups -OCH3 is 3. The van der Waals surface area contributed by atoms with E-state index >= 15 is 0 Å². The van der Waals surface area contributed by atoms with Crippen LogP contribution < -0.4 is 9.47 Å². The van der Waals surface area contributed by atoms with Crippen molar-refractivity contribution in [3.8, 4) is 11.5 Å². The molecule has 2 radical (unpaired) electrons. The first-order valence-corrected chi connectivity index (χ1v) is 5.61. The van der Waals surface area contributed by atoms with E-state index in [-0.39, 0.29) is 6.32 Å². The monoisotopic (exact) mass is 298 g/mol. The SMILES string of the molecule is [B]Cc1c(C(=O)OC)cc(OC)c(OC)c1Br. The van der Waals surface area contributed by atoms with Crippen molar-refractivity contribution < 1.29 is 19.0 Å². The van der Waals surface area contributed by atoms with Crippen LogP contribution in [0.3, 0.4) is 0 Å². The number of ether oxygens (including phenoxy) is 3. The van der Waals surface area contributed by atoms with Gasteiger partial charge in [0.05, 0.1) is 39.2 Å². The first kappa shape index (κ1) is 13.9. The van der Waals surface area contributed by atoms with E-state index in [1.54, 1.807) is 6.07 Å². The number of rotatable bonds is 4. The van der Waals surface area contributed by atoms with Crippen LogP contribution in [0.2, 0.25) is 0 Å². The minimum Gasteiger partial charge on any atom is -0.493 e. The maximum Gasteiger partial charge on any atom is 0.338 e. The molecule has 0 aliphatic heterocycles. The molecule has 0 unspecified atom stereocenters. The predicted molar refractivity (Wildman–Crippen MR) is 68.0 cm³/mol. The molecule has 6 heteroatoms. The van der Waals surface area contributed by atoms with Crippen molar-refractivity contribution in [3.63, 3.8) is 0 Å². The van der Waals surface area contributed by atoms with Crippen LogP contribution in [0.5, 0.6) is 11.5 Å². The van der Waals surface area contributed by atoms with Gasteiger partial charge in [0.15, 0.2) is 11.5 Å². The van der Waals surface area contributed by atoms with E-state index in [0.717, 1.165) is 0 Å². The normalized spacial score (nSPS) is 9.88. The van der Waals surface area contributed by atoms with Gasteiger partial charge in [-0.2, -0.15) is 0 Å². The molecule has 0 N–H and O–H groups in total. The van der Waals surface area contributed by atoms with Gasteiger partial charge in [-0.05, 0) is 27.6 Å². The molecule has 17 heavy (non-hydrogen) atoms. The van der Waals surface area contributed by atoms with Gasteiger partial charge in [-0.25, -0.2) is 4.79 Å². The Morgan fingerprint density at radius 1 is 1.35 bits per heavy atom. The average molecular weight is 299 g/mol. The zero-order valence-corrected chi connectivity index (χ0v) is 11.5. The molecule has 0 bridgehead atoms. The van der Waals surface area contributed by atoms with E-state index in [1.165, 1.54) is 21.3 Å². The Hall–Kier alpha value is -1.17. The lowest BCUT2D eigenvalue weighted by Gasteiger charge is -2.15. The number of halogens is 1. The van der Waals surface area contributed by atoms with Crippen LogP contribution >= 0.6 is 15.9 Å². The molecule has 0 aliphatic carbocycles. The molecular weight excluding hydrogens is 287 g/mol. The van der Waals surface area contributed by atoms with Gasteiger partial charge in [0.2, 0.25) is 0 Å². The van der Waals surface area contributed by atoms with Gasteiger partial charge in [0, 0.05) is 0 Å². The number of esters is 1. The van der Waals surface area contributed by atoms with Crippen LogP contribution in [-0.4, -0.2) is 35.1 Å². The molecule has 0 saturated heterocycles. The zero-order valence-electron chi connectivity index (χ0n) is 9.87. The highest BCUT2D eigenvalue weighted by molar-refractivity contribution is 9.10. The van der Waals surface area contributed by atoms with Crippen LogP contribution in [-0.2, 0) is 11.1 Å². The molecule has 1 rings (SSSR count). The van der Waals surface area contributed by atoms with E-state index in [9.17, 15) is 4.79 Å².